The second kappa shape index (κ2) is 5.38. The second-order valence-electron chi connectivity index (χ2n) is 3.92. The lowest BCUT2D eigenvalue weighted by atomic mass is 10.0. The first kappa shape index (κ1) is 12.2. The molecule has 5 heteroatoms. The van der Waals surface area contributed by atoms with Crippen LogP contribution in [0.4, 0.5) is 5.69 Å². The number of benzene rings is 1. The van der Waals surface area contributed by atoms with E-state index in [2.05, 4.69) is 10.6 Å². The van der Waals surface area contributed by atoms with Crippen LogP contribution in [0.2, 0.25) is 5.02 Å². The van der Waals surface area contributed by atoms with Gasteiger partial charge in [-0.25, -0.2) is 0 Å². The molecule has 0 unspecified atom stereocenters. The number of nitrogens with one attached hydrogen (secondary N) is 2. The summed E-state index contributed by atoms with van der Waals surface area (Å²) in [6, 6.07) is 5.26. The van der Waals surface area contributed by atoms with Crippen LogP contribution in [0.15, 0.2) is 18.2 Å². The van der Waals surface area contributed by atoms with Crippen molar-refractivity contribution in [1.82, 2.24) is 5.32 Å². The van der Waals surface area contributed by atoms with Gasteiger partial charge >= 0.3 is 0 Å². The van der Waals surface area contributed by atoms with Gasteiger partial charge in [0.2, 0.25) is 5.91 Å². The number of amides is 1. The lowest BCUT2D eigenvalue weighted by Gasteiger charge is -2.25. The number of ether oxygens (including phenoxy) is 1. The first-order valence-corrected chi connectivity index (χ1v) is 6.02. The largest absolute Gasteiger partial charge is 0.492 e. The minimum Gasteiger partial charge on any atom is -0.492 e. The Kier molecular flexibility index (Phi) is 3.86. The highest BCUT2D eigenvalue weighted by Gasteiger charge is 2.24. The van der Waals surface area contributed by atoms with E-state index in [0.717, 1.165) is 13.1 Å². The number of carbonyl (C=O) groups is 1. The highest BCUT2D eigenvalue weighted by Crippen LogP contribution is 2.27. The number of halogens is 1. The van der Waals surface area contributed by atoms with Gasteiger partial charge in [-0.2, -0.15) is 0 Å². The Balaban J connectivity index is 2.01. The molecule has 92 valence electrons. The van der Waals surface area contributed by atoms with Crippen LogP contribution in [-0.2, 0) is 4.79 Å². The molecule has 0 aromatic heterocycles. The molecule has 1 heterocycles. The van der Waals surface area contributed by atoms with Crippen LogP contribution in [-0.4, -0.2) is 25.6 Å². The summed E-state index contributed by atoms with van der Waals surface area (Å²) < 4.78 is 5.32. The van der Waals surface area contributed by atoms with E-state index in [1.807, 2.05) is 6.92 Å². The fourth-order valence-corrected chi connectivity index (χ4v) is 1.80. The van der Waals surface area contributed by atoms with Crippen LogP contribution >= 0.6 is 11.6 Å². The SMILES string of the molecule is CCOc1ccc(NC(=O)C2CNC2)cc1Cl. The van der Waals surface area contributed by atoms with Crippen molar-refractivity contribution in [2.24, 2.45) is 5.92 Å². The third-order valence-corrected chi connectivity index (χ3v) is 2.95. The van der Waals surface area contributed by atoms with Gasteiger partial charge < -0.3 is 15.4 Å². The predicted octanol–water partition coefficient (Wildman–Crippen LogP) is 1.90. The van der Waals surface area contributed by atoms with Crippen molar-refractivity contribution in [3.05, 3.63) is 23.2 Å². The number of hydrogen-bond acceptors (Lipinski definition) is 3. The van der Waals surface area contributed by atoms with Crippen molar-refractivity contribution >= 4 is 23.2 Å². The molecule has 17 heavy (non-hydrogen) atoms. The lowest BCUT2D eigenvalue weighted by molar-refractivity contribution is -0.121. The monoisotopic (exact) mass is 254 g/mol. The van der Waals surface area contributed by atoms with E-state index in [-0.39, 0.29) is 11.8 Å². The molecule has 1 aliphatic heterocycles. The van der Waals surface area contributed by atoms with E-state index in [0.29, 0.717) is 23.1 Å². The zero-order chi connectivity index (χ0) is 12.3. The van der Waals surface area contributed by atoms with Gasteiger partial charge in [-0.15, -0.1) is 0 Å². The summed E-state index contributed by atoms with van der Waals surface area (Å²) in [5.41, 5.74) is 0.704. The molecular formula is C12H15ClN2O2. The van der Waals surface area contributed by atoms with Crippen LogP contribution in [0.25, 0.3) is 0 Å². The van der Waals surface area contributed by atoms with Crippen molar-refractivity contribution in [3.8, 4) is 5.75 Å². The van der Waals surface area contributed by atoms with Crippen LogP contribution in [0.5, 0.6) is 5.75 Å². The quantitative estimate of drug-likeness (QED) is 0.863. The average molecular weight is 255 g/mol. The average Bonchev–Trinajstić information content (AvgIpc) is 2.19. The first-order chi connectivity index (χ1) is 8.20. The Labute approximate surface area is 105 Å². The molecule has 2 rings (SSSR count). The molecule has 0 saturated carbocycles. The van der Waals surface area contributed by atoms with E-state index in [1.54, 1.807) is 18.2 Å². The van der Waals surface area contributed by atoms with Crippen molar-refractivity contribution in [1.29, 1.82) is 0 Å². The minimum atomic E-state index is 0.0315. The molecule has 1 amide bonds. The number of anilines is 1. The van der Waals surface area contributed by atoms with E-state index in [4.69, 9.17) is 16.3 Å². The summed E-state index contributed by atoms with van der Waals surface area (Å²) in [5.74, 6) is 0.738. The Hall–Kier alpha value is -1.26. The van der Waals surface area contributed by atoms with Crippen LogP contribution in [0.3, 0.4) is 0 Å². The second-order valence-corrected chi connectivity index (χ2v) is 4.33. The highest BCUT2D eigenvalue weighted by molar-refractivity contribution is 6.32. The third-order valence-electron chi connectivity index (χ3n) is 2.65. The lowest BCUT2D eigenvalue weighted by Crippen LogP contribution is -2.48. The zero-order valence-electron chi connectivity index (χ0n) is 9.63. The Morgan fingerprint density at radius 3 is 2.88 bits per heavy atom. The molecule has 1 saturated heterocycles. The van der Waals surface area contributed by atoms with Crippen molar-refractivity contribution in [2.45, 2.75) is 6.92 Å². The maximum absolute atomic E-state index is 11.7. The van der Waals surface area contributed by atoms with Gasteiger partial charge in [-0.1, -0.05) is 11.6 Å². The number of hydrogen-bond donors (Lipinski definition) is 2. The molecule has 0 spiro atoms. The van der Waals surface area contributed by atoms with Crippen LogP contribution in [0, 0.1) is 5.92 Å². The molecule has 0 bridgehead atoms. The van der Waals surface area contributed by atoms with E-state index in [1.165, 1.54) is 0 Å². The topological polar surface area (TPSA) is 50.4 Å². The number of rotatable bonds is 4. The standard InChI is InChI=1S/C12H15ClN2O2/c1-2-17-11-4-3-9(5-10(11)13)15-12(16)8-6-14-7-8/h3-5,8,14H,2,6-7H2,1H3,(H,15,16). The highest BCUT2D eigenvalue weighted by atomic mass is 35.5. The van der Waals surface area contributed by atoms with Gasteiger partial charge in [-0.3, -0.25) is 4.79 Å². The molecule has 2 N–H and O–H groups in total. The molecule has 0 aliphatic carbocycles. The molecule has 1 aromatic rings. The Morgan fingerprint density at radius 1 is 1.59 bits per heavy atom. The van der Waals surface area contributed by atoms with Crippen LogP contribution < -0.4 is 15.4 Å². The van der Waals surface area contributed by atoms with Gasteiger partial charge in [0.1, 0.15) is 5.75 Å². The predicted molar refractivity (Wildman–Crippen MR) is 67.6 cm³/mol. The molecule has 1 aromatic carbocycles. The normalized spacial score (nSPS) is 15.2. The molecule has 1 aliphatic rings. The van der Waals surface area contributed by atoms with Gasteiger partial charge in [0.15, 0.2) is 0 Å². The summed E-state index contributed by atoms with van der Waals surface area (Å²) in [6.45, 7) is 3.96. The Morgan fingerprint density at radius 2 is 2.35 bits per heavy atom. The summed E-state index contributed by atoms with van der Waals surface area (Å²) in [7, 11) is 0. The fraction of sp³-hybridized carbons (Fsp3) is 0.417. The molecular weight excluding hydrogens is 240 g/mol. The van der Waals surface area contributed by atoms with Crippen molar-refractivity contribution < 1.29 is 9.53 Å². The molecule has 1 fully saturated rings. The summed E-state index contributed by atoms with van der Waals surface area (Å²) in [4.78, 5) is 11.7. The molecule has 0 radical (unpaired) electrons. The summed E-state index contributed by atoms with van der Waals surface area (Å²) in [6.07, 6.45) is 0. The van der Waals surface area contributed by atoms with E-state index >= 15 is 0 Å². The van der Waals surface area contributed by atoms with Crippen molar-refractivity contribution in [3.63, 3.8) is 0 Å². The maximum atomic E-state index is 11.7. The summed E-state index contributed by atoms with van der Waals surface area (Å²) >= 11 is 6.03. The van der Waals surface area contributed by atoms with Crippen molar-refractivity contribution in [2.75, 3.05) is 25.0 Å². The fourth-order valence-electron chi connectivity index (χ4n) is 1.57. The van der Waals surface area contributed by atoms with Gasteiger partial charge in [0, 0.05) is 18.8 Å². The van der Waals surface area contributed by atoms with Gasteiger partial charge in [0.05, 0.1) is 17.5 Å². The molecule has 0 atom stereocenters. The van der Waals surface area contributed by atoms with E-state index in [9.17, 15) is 4.79 Å². The first-order valence-electron chi connectivity index (χ1n) is 5.64. The Bertz CT molecular complexity index is 419. The van der Waals surface area contributed by atoms with E-state index < -0.39 is 0 Å². The summed E-state index contributed by atoms with van der Waals surface area (Å²) in [5, 5.41) is 6.40. The minimum absolute atomic E-state index is 0.0315. The van der Waals surface area contributed by atoms with Gasteiger partial charge in [-0.05, 0) is 25.1 Å². The third kappa shape index (κ3) is 2.90. The zero-order valence-corrected chi connectivity index (χ0v) is 10.4. The molecule has 4 nitrogen and oxygen atoms in total. The van der Waals surface area contributed by atoms with Gasteiger partial charge in [0.25, 0.3) is 0 Å². The smallest absolute Gasteiger partial charge is 0.230 e. The number of carbonyl (C=O) groups excluding carboxylic acids is 1. The van der Waals surface area contributed by atoms with Crippen LogP contribution in [0.1, 0.15) is 6.92 Å². The maximum Gasteiger partial charge on any atom is 0.230 e.